The van der Waals surface area contributed by atoms with E-state index in [1.165, 1.54) is 23.5 Å². The normalized spacial score (nSPS) is 10.2. The number of hydrogen-bond donors (Lipinski definition) is 2. The molecular weight excluding hydrogens is 196 g/mol. The van der Waals surface area contributed by atoms with Gasteiger partial charge in [-0.05, 0) is 12.5 Å². The summed E-state index contributed by atoms with van der Waals surface area (Å²) >= 11 is 2.67. The lowest BCUT2D eigenvalue weighted by atomic mass is 10.6. The maximum absolute atomic E-state index is 11.1. The van der Waals surface area contributed by atoms with Gasteiger partial charge in [-0.15, -0.1) is 23.5 Å². The third-order valence-corrected chi connectivity index (χ3v) is 2.92. The predicted molar refractivity (Wildman–Crippen MR) is 51.2 cm³/mol. The van der Waals surface area contributed by atoms with Crippen molar-refractivity contribution in [1.82, 2.24) is 9.97 Å². The van der Waals surface area contributed by atoms with Crippen LogP contribution in [0.1, 0.15) is 0 Å². The van der Waals surface area contributed by atoms with E-state index >= 15 is 0 Å². The van der Waals surface area contributed by atoms with Crippen LogP contribution in [0.3, 0.4) is 0 Å². The van der Waals surface area contributed by atoms with Gasteiger partial charge in [-0.2, -0.15) is 0 Å². The van der Waals surface area contributed by atoms with Crippen LogP contribution in [0.15, 0.2) is 19.5 Å². The smallest absolute Gasteiger partial charge is 0.301 e. The predicted octanol–water partition coefficient (Wildman–Crippen LogP) is 0.507. The Morgan fingerprint density at radius 1 is 1.08 bits per heavy atom. The van der Waals surface area contributed by atoms with E-state index in [0.717, 1.165) is 0 Å². The Hall–Kier alpha value is -0.620. The second-order valence-corrected chi connectivity index (χ2v) is 3.61. The average molecular weight is 204 g/mol. The van der Waals surface area contributed by atoms with Gasteiger partial charge in [0.05, 0.1) is 5.03 Å². The van der Waals surface area contributed by atoms with Crippen LogP contribution in [-0.4, -0.2) is 22.5 Å². The summed E-state index contributed by atoms with van der Waals surface area (Å²) in [6.45, 7) is 0. The van der Waals surface area contributed by atoms with Crippen molar-refractivity contribution < 1.29 is 0 Å². The van der Waals surface area contributed by atoms with Crippen molar-refractivity contribution in [3.63, 3.8) is 0 Å². The van der Waals surface area contributed by atoms with Crippen molar-refractivity contribution in [3.05, 3.63) is 20.8 Å². The number of aromatic nitrogens is 2. The summed E-state index contributed by atoms with van der Waals surface area (Å²) in [6, 6.07) is 0. The first-order valence-corrected chi connectivity index (χ1v) is 5.58. The molecule has 0 amide bonds. The fourth-order valence-electron chi connectivity index (χ4n) is 0.783. The molecule has 0 fully saturated rings. The summed E-state index contributed by atoms with van der Waals surface area (Å²) in [7, 11) is 0. The number of aromatic amines is 2. The largest absolute Gasteiger partial charge is 0.326 e. The second kappa shape index (κ2) is 3.86. The molecule has 12 heavy (non-hydrogen) atoms. The first-order chi connectivity index (χ1) is 5.69. The molecule has 0 atom stereocenters. The number of rotatable bonds is 2. The van der Waals surface area contributed by atoms with E-state index in [1.807, 2.05) is 6.26 Å². The molecule has 2 N–H and O–H groups in total. The van der Waals surface area contributed by atoms with Gasteiger partial charge in [0.1, 0.15) is 4.90 Å². The number of nitrogens with one attached hydrogen (secondary N) is 2. The van der Waals surface area contributed by atoms with Crippen molar-refractivity contribution in [2.75, 3.05) is 12.5 Å². The molecule has 0 aliphatic rings. The Morgan fingerprint density at radius 2 is 1.75 bits per heavy atom. The van der Waals surface area contributed by atoms with Crippen molar-refractivity contribution in [1.29, 1.82) is 0 Å². The Morgan fingerprint density at radius 3 is 2.25 bits per heavy atom. The summed E-state index contributed by atoms with van der Waals surface area (Å²) < 4.78 is 0. The molecule has 0 spiro atoms. The molecule has 1 rings (SSSR count). The molecule has 0 aliphatic heterocycles. The minimum atomic E-state index is -0.456. The molecule has 0 aliphatic carbocycles. The highest BCUT2D eigenvalue weighted by molar-refractivity contribution is 8.01. The molecule has 6 heteroatoms. The lowest BCUT2D eigenvalue weighted by Gasteiger charge is -2.00. The fraction of sp³-hybridized carbons (Fsp3) is 0.333. The molecule has 66 valence electrons. The maximum atomic E-state index is 11.1. The standard InChI is InChI=1S/C6H8N2O2S2/c1-11-3-4(9)7-6(10)8-5(3)12-2/h1-2H3,(H2,7,8,9,10). The van der Waals surface area contributed by atoms with E-state index in [0.29, 0.717) is 9.92 Å². The zero-order chi connectivity index (χ0) is 9.14. The zero-order valence-corrected chi connectivity index (χ0v) is 8.27. The van der Waals surface area contributed by atoms with Crippen LogP contribution in [0.2, 0.25) is 0 Å². The lowest BCUT2D eigenvalue weighted by Crippen LogP contribution is -2.24. The van der Waals surface area contributed by atoms with E-state index < -0.39 is 5.69 Å². The van der Waals surface area contributed by atoms with Gasteiger partial charge in [-0.1, -0.05) is 0 Å². The fourth-order valence-corrected chi connectivity index (χ4v) is 2.23. The average Bonchev–Trinajstić information content (AvgIpc) is 2.03. The van der Waals surface area contributed by atoms with Gasteiger partial charge in [0, 0.05) is 0 Å². The SMILES string of the molecule is CSc1[nH]c(=O)[nH]c(=O)c1SC. The highest BCUT2D eigenvalue weighted by Gasteiger charge is 2.05. The highest BCUT2D eigenvalue weighted by atomic mass is 32.2. The Labute approximate surface area is 77.2 Å². The summed E-state index contributed by atoms with van der Waals surface area (Å²) in [4.78, 5) is 27.2. The molecular formula is C6H8N2O2S2. The number of hydrogen-bond acceptors (Lipinski definition) is 4. The minimum Gasteiger partial charge on any atom is -0.301 e. The van der Waals surface area contributed by atoms with Crippen LogP contribution in [-0.2, 0) is 0 Å². The lowest BCUT2D eigenvalue weighted by molar-refractivity contribution is 0.877. The Bertz CT molecular complexity index is 382. The van der Waals surface area contributed by atoms with Crippen LogP contribution in [0.5, 0.6) is 0 Å². The molecule has 1 aromatic rings. The summed E-state index contributed by atoms with van der Waals surface area (Å²) in [5, 5.41) is 0.622. The van der Waals surface area contributed by atoms with Gasteiger partial charge in [0.2, 0.25) is 0 Å². The summed E-state index contributed by atoms with van der Waals surface area (Å²) in [6.07, 6.45) is 3.60. The molecule has 0 radical (unpaired) electrons. The maximum Gasteiger partial charge on any atom is 0.326 e. The molecule has 0 unspecified atom stereocenters. The topological polar surface area (TPSA) is 65.7 Å². The van der Waals surface area contributed by atoms with Crippen molar-refractivity contribution in [3.8, 4) is 0 Å². The molecule has 1 aromatic heterocycles. The van der Waals surface area contributed by atoms with E-state index in [4.69, 9.17) is 0 Å². The summed E-state index contributed by atoms with van der Waals surface area (Å²) in [5.74, 6) is 0. The van der Waals surface area contributed by atoms with Crippen molar-refractivity contribution in [2.24, 2.45) is 0 Å². The number of H-pyrrole nitrogens is 2. The van der Waals surface area contributed by atoms with Crippen molar-refractivity contribution in [2.45, 2.75) is 9.92 Å². The zero-order valence-electron chi connectivity index (χ0n) is 6.63. The van der Waals surface area contributed by atoms with Gasteiger partial charge in [0.25, 0.3) is 5.56 Å². The van der Waals surface area contributed by atoms with Crippen LogP contribution < -0.4 is 11.2 Å². The van der Waals surface area contributed by atoms with Gasteiger partial charge in [-0.25, -0.2) is 4.79 Å². The monoisotopic (exact) mass is 204 g/mol. The molecule has 4 nitrogen and oxygen atoms in total. The van der Waals surface area contributed by atoms with Crippen LogP contribution in [0, 0.1) is 0 Å². The Balaban J connectivity index is 3.44. The van der Waals surface area contributed by atoms with Crippen molar-refractivity contribution >= 4 is 23.5 Å². The first-order valence-electron chi connectivity index (χ1n) is 3.13. The van der Waals surface area contributed by atoms with E-state index in [1.54, 1.807) is 6.26 Å². The van der Waals surface area contributed by atoms with Gasteiger partial charge >= 0.3 is 5.69 Å². The molecule has 0 saturated carbocycles. The number of thioether (sulfide) groups is 2. The quantitative estimate of drug-likeness (QED) is 0.544. The first kappa shape index (κ1) is 9.47. The highest BCUT2D eigenvalue weighted by Crippen LogP contribution is 2.19. The van der Waals surface area contributed by atoms with Gasteiger partial charge < -0.3 is 4.98 Å². The molecule has 0 aromatic carbocycles. The molecule has 0 bridgehead atoms. The summed E-state index contributed by atoms with van der Waals surface area (Å²) in [5.41, 5.74) is -0.780. The minimum absolute atomic E-state index is 0.324. The van der Waals surface area contributed by atoms with Gasteiger partial charge in [-0.3, -0.25) is 9.78 Å². The van der Waals surface area contributed by atoms with Gasteiger partial charge in [0.15, 0.2) is 0 Å². The van der Waals surface area contributed by atoms with E-state index in [2.05, 4.69) is 9.97 Å². The van der Waals surface area contributed by atoms with Crippen LogP contribution in [0.25, 0.3) is 0 Å². The van der Waals surface area contributed by atoms with Crippen LogP contribution >= 0.6 is 23.5 Å². The van der Waals surface area contributed by atoms with E-state index in [9.17, 15) is 9.59 Å². The van der Waals surface area contributed by atoms with Crippen LogP contribution in [0.4, 0.5) is 0 Å². The molecule has 0 saturated heterocycles. The molecule has 1 heterocycles. The second-order valence-electron chi connectivity index (χ2n) is 1.97. The van der Waals surface area contributed by atoms with E-state index in [-0.39, 0.29) is 5.56 Å². The third-order valence-electron chi connectivity index (χ3n) is 1.27. The Kier molecular flexibility index (Phi) is 3.05. The third kappa shape index (κ3) is 1.75.